The number of rotatable bonds is 2. The van der Waals surface area contributed by atoms with E-state index in [1.807, 2.05) is 36.6 Å². The molecule has 4 rings (SSSR count). The van der Waals surface area contributed by atoms with E-state index in [1.54, 1.807) is 0 Å². The summed E-state index contributed by atoms with van der Waals surface area (Å²) in [4.78, 5) is 0. The third-order valence-corrected chi connectivity index (χ3v) is 4.22. The monoisotopic (exact) mass is 301 g/mol. The largest absolute Gasteiger partial charge is 0.361 e. The Bertz CT molecular complexity index is 867. The maximum Gasteiger partial charge on any atom is 0.123 e. The van der Waals surface area contributed by atoms with Crippen molar-refractivity contribution in [2.75, 3.05) is 0 Å². The van der Waals surface area contributed by atoms with Gasteiger partial charge in [0.2, 0.25) is 0 Å². The molecule has 0 saturated carbocycles. The molecule has 0 aromatic heterocycles. The van der Waals surface area contributed by atoms with Crippen LogP contribution in [0.2, 0.25) is 0 Å². The SMILES string of the molecule is Fc1ccc(C2=Cc3c(cccc3C3=CC=CC=CN3)C2)cc1. The van der Waals surface area contributed by atoms with Crippen LogP contribution < -0.4 is 5.32 Å². The molecule has 0 unspecified atom stereocenters. The molecule has 0 fully saturated rings. The Labute approximate surface area is 135 Å². The number of allylic oxidation sites excluding steroid dienone is 5. The van der Waals surface area contributed by atoms with Crippen LogP contribution in [0.3, 0.4) is 0 Å². The second-order valence-corrected chi connectivity index (χ2v) is 5.70. The summed E-state index contributed by atoms with van der Waals surface area (Å²) in [7, 11) is 0. The summed E-state index contributed by atoms with van der Waals surface area (Å²) < 4.78 is 13.1. The van der Waals surface area contributed by atoms with Crippen LogP contribution in [0.25, 0.3) is 17.3 Å². The molecular formula is C21H16FN. The van der Waals surface area contributed by atoms with Crippen molar-refractivity contribution in [2.45, 2.75) is 6.42 Å². The van der Waals surface area contributed by atoms with Gasteiger partial charge in [0, 0.05) is 17.5 Å². The first kappa shape index (κ1) is 13.8. The summed E-state index contributed by atoms with van der Waals surface area (Å²) in [5.41, 5.74) is 7.14. The van der Waals surface area contributed by atoms with E-state index < -0.39 is 0 Å². The molecular weight excluding hydrogens is 285 g/mol. The standard InChI is InChI=1S/C21H16FN/c22-18-10-8-15(9-11-18)17-13-16-5-4-6-19(20(16)14-17)21-7-2-1-3-12-23-21/h1-12,14,23H,13H2. The molecule has 0 bridgehead atoms. The van der Waals surface area contributed by atoms with Gasteiger partial charge in [-0.3, -0.25) is 0 Å². The Balaban J connectivity index is 1.76. The van der Waals surface area contributed by atoms with Crippen LogP contribution in [0.5, 0.6) is 0 Å². The van der Waals surface area contributed by atoms with Crippen LogP contribution in [0.1, 0.15) is 22.3 Å². The maximum atomic E-state index is 13.1. The molecule has 0 spiro atoms. The van der Waals surface area contributed by atoms with E-state index in [4.69, 9.17) is 0 Å². The van der Waals surface area contributed by atoms with E-state index >= 15 is 0 Å². The third kappa shape index (κ3) is 2.64. The highest BCUT2D eigenvalue weighted by Crippen LogP contribution is 2.35. The van der Waals surface area contributed by atoms with Gasteiger partial charge >= 0.3 is 0 Å². The number of hydrogen-bond acceptors (Lipinski definition) is 1. The Morgan fingerprint density at radius 3 is 2.65 bits per heavy atom. The molecule has 0 radical (unpaired) electrons. The lowest BCUT2D eigenvalue weighted by atomic mass is 10.0. The molecule has 1 N–H and O–H groups in total. The van der Waals surface area contributed by atoms with Gasteiger partial charge in [-0.2, -0.15) is 0 Å². The topological polar surface area (TPSA) is 12.0 Å². The van der Waals surface area contributed by atoms with Gasteiger partial charge in [0.1, 0.15) is 5.82 Å². The van der Waals surface area contributed by atoms with Crippen molar-refractivity contribution in [3.05, 3.63) is 101 Å². The Kier molecular flexibility index (Phi) is 3.43. The highest BCUT2D eigenvalue weighted by molar-refractivity contribution is 5.92. The molecule has 2 aliphatic rings. The van der Waals surface area contributed by atoms with Crippen molar-refractivity contribution >= 4 is 17.3 Å². The Morgan fingerprint density at radius 1 is 0.913 bits per heavy atom. The van der Waals surface area contributed by atoms with Gasteiger partial charge in [-0.1, -0.05) is 42.5 Å². The molecule has 1 aliphatic carbocycles. The van der Waals surface area contributed by atoms with Gasteiger partial charge < -0.3 is 5.32 Å². The fraction of sp³-hybridized carbons (Fsp3) is 0.0476. The van der Waals surface area contributed by atoms with E-state index in [-0.39, 0.29) is 5.82 Å². The smallest absolute Gasteiger partial charge is 0.123 e. The first-order valence-corrected chi connectivity index (χ1v) is 7.70. The lowest BCUT2D eigenvalue weighted by Gasteiger charge is -2.11. The number of halogens is 1. The average molecular weight is 301 g/mol. The lowest BCUT2D eigenvalue weighted by molar-refractivity contribution is 0.627. The lowest BCUT2D eigenvalue weighted by Crippen LogP contribution is -2.04. The number of nitrogens with one attached hydrogen (secondary N) is 1. The summed E-state index contributed by atoms with van der Waals surface area (Å²) in [5.74, 6) is -0.197. The fourth-order valence-corrected chi connectivity index (χ4v) is 3.08. The van der Waals surface area contributed by atoms with Gasteiger partial charge in [-0.05, 0) is 59.0 Å². The van der Waals surface area contributed by atoms with Crippen LogP contribution in [0.15, 0.2) is 73.0 Å². The predicted octanol–water partition coefficient (Wildman–Crippen LogP) is 4.94. The first-order chi connectivity index (χ1) is 11.3. The summed E-state index contributed by atoms with van der Waals surface area (Å²) in [6.45, 7) is 0. The average Bonchev–Trinajstić information content (AvgIpc) is 2.83. The van der Waals surface area contributed by atoms with Crippen molar-refractivity contribution in [3.63, 3.8) is 0 Å². The molecule has 2 aromatic carbocycles. The summed E-state index contributed by atoms with van der Waals surface area (Å²) in [6, 6.07) is 13.1. The molecule has 0 amide bonds. The molecule has 1 heterocycles. The molecule has 112 valence electrons. The first-order valence-electron chi connectivity index (χ1n) is 7.70. The number of hydrogen-bond donors (Lipinski definition) is 1. The van der Waals surface area contributed by atoms with Crippen molar-refractivity contribution in [1.29, 1.82) is 0 Å². The quantitative estimate of drug-likeness (QED) is 0.828. The van der Waals surface area contributed by atoms with E-state index in [0.29, 0.717) is 0 Å². The summed E-state index contributed by atoms with van der Waals surface area (Å²) in [6.07, 6.45) is 13.1. The number of benzene rings is 2. The third-order valence-electron chi connectivity index (χ3n) is 4.22. The zero-order chi connectivity index (χ0) is 15.6. The normalized spacial score (nSPS) is 15.5. The van der Waals surface area contributed by atoms with Crippen LogP contribution in [0.4, 0.5) is 4.39 Å². The zero-order valence-corrected chi connectivity index (χ0v) is 12.6. The van der Waals surface area contributed by atoms with Crippen molar-refractivity contribution in [1.82, 2.24) is 5.32 Å². The minimum absolute atomic E-state index is 0.197. The van der Waals surface area contributed by atoms with E-state index in [2.05, 4.69) is 35.7 Å². The molecule has 2 heteroatoms. The van der Waals surface area contributed by atoms with Crippen molar-refractivity contribution in [2.24, 2.45) is 0 Å². The van der Waals surface area contributed by atoms with Gasteiger partial charge in [0.25, 0.3) is 0 Å². The Morgan fingerprint density at radius 2 is 1.78 bits per heavy atom. The summed E-state index contributed by atoms with van der Waals surface area (Å²) >= 11 is 0. The van der Waals surface area contributed by atoms with Gasteiger partial charge in [0.05, 0.1) is 0 Å². The Hall–Kier alpha value is -2.87. The van der Waals surface area contributed by atoms with Gasteiger partial charge in [0.15, 0.2) is 0 Å². The van der Waals surface area contributed by atoms with E-state index in [0.717, 1.165) is 17.7 Å². The molecule has 2 aromatic rings. The van der Waals surface area contributed by atoms with E-state index in [1.165, 1.54) is 34.4 Å². The second-order valence-electron chi connectivity index (χ2n) is 5.70. The van der Waals surface area contributed by atoms with Gasteiger partial charge in [-0.15, -0.1) is 0 Å². The molecule has 0 atom stereocenters. The minimum Gasteiger partial charge on any atom is -0.361 e. The highest BCUT2D eigenvalue weighted by Gasteiger charge is 2.18. The van der Waals surface area contributed by atoms with Crippen molar-refractivity contribution < 1.29 is 4.39 Å². The van der Waals surface area contributed by atoms with E-state index in [9.17, 15) is 4.39 Å². The number of fused-ring (bicyclic) bond motifs is 1. The highest BCUT2D eigenvalue weighted by atomic mass is 19.1. The predicted molar refractivity (Wildman–Crippen MR) is 93.8 cm³/mol. The molecule has 23 heavy (non-hydrogen) atoms. The van der Waals surface area contributed by atoms with Crippen LogP contribution in [-0.4, -0.2) is 0 Å². The van der Waals surface area contributed by atoms with Crippen LogP contribution >= 0.6 is 0 Å². The van der Waals surface area contributed by atoms with Crippen LogP contribution in [-0.2, 0) is 6.42 Å². The van der Waals surface area contributed by atoms with Gasteiger partial charge in [-0.25, -0.2) is 4.39 Å². The zero-order valence-electron chi connectivity index (χ0n) is 12.6. The molecule has 1 nitrogen and oxygen atoms in total. The van der Waals surface area contributed by atoms with Crippen molar-refractivity contribution in [3.8, 4) is 0 Å². The maximum absolute atomic E-state index is 13.1. The molecule has 1 aliphatic heterocycles. The van der Waals surface area contributed by atoms with Crippen LogP contribution in [0, 0.1) is 5.82 Å². The fourth-order valence-electron chi connectivity index (χ4n) is 3.08. The second kappa shape index (κ2) is 5.73. The molecule has 0 saturated heterocycles. The summed E-state index contributed by atoms with van der Waals surface area (Å²) in [5, 5.41) is 3.33. The minimum atomic E-state index is -0.197.